The van der Waals surface area contributed by atoms with Crippen LogP contribution < -0.4 is 4.90 Å². The van der Waals surface area contributed by atoms with E-state index in [-0.39, 0.29) is 5.41 Å². The minimum Gasteiger partial charge on any atom is -0.347 e. The Morgan fingerprint density at radius 1 is 1.12 bits per heavy atom. The highest BCUT2D eigenvalue weighted by molar-refractivity contribution is 6.03. The van der Waals surface area contributed by atoms with Gasteiger partial charge in [0.2, 0.25) is 5.69 Å². The molecule has 0 aromatic heterocycles. The van der Waals surface area contributed by atoms with Crippen molar-refractivity contribution in [3.8, 4) is 0 Å². The Morgan fingerprint density at radius 2 is 1.84 bits per heavy atom. The molecule has 0 bridgehead atoms. The van der Waals surface area contributed by atoms with Crippen LogP contribution in [0.3, 0.4) is 0 Å². The molecule has 0 fully saturated rings. The van der Waals surface area contributed by atoms with Crippen molar-refractivity contribution in [1.82, 2.24) is 0 Å². The lowest BCUT2D eigenvalue weighted by Crippen LogP contribution is -2.32. The van der Waals surface area contributed by atoms with Crippen LogP contribution in [-0.4, -0.2) is 24.4 Å². The summed E-state index contributed by atoms with van der Waals surface area (Å²) in [5, 5.41) is 0. The molecule has 0 saturated carbocycles. The summed E-state index contributed by atoms with van der Waals surface area (Å²) >= 11 is 0. The van der Waals surface area contributed by atoms with Gasteiger partial charge in [-0.1, -0.05) is 68.3 Å². The van der Waals surface area contributed by atoms with Crippen LogP contribution in [0, 0.1) is 6.92 Å². The van der Waals surface area contributed by atoms with Crippen molar-refractivity contribution in [2.45, 2.75) is 58.8 Å². The number of hydrogen-bond acceptors (Lipinski definition) is 1. The molecular formula is C30H37N2+. The molecule has 2 aliphatic rings. The maximum absolute atomic E-state index is 2.40. The summed E-state index contributed by atoms with van der Waals surface area (Å²) < 4.78 is 2.40. The van der Waals surface area contributed by atoms with E-state index in [4.69, 9.17) is 0 Å². The van der Waals surface area contributed by atoms with Crippen molar-refractivity contribution < 1.29 is 4.58 Å². The fourth-order valence-corrected chi connectivity index (χ4v) is 5.67. The average molecular weight is 426 g/mol. The first-order chi connectivity index (χ1) is 15.3. The molecule has 2 aromatic rings. The topological polar surface area (TPSA) is 6.25 Å². The van der Waals surface area contributed by atoms with Gasteiger partial charge in [-0.2, -0.15) is 4.58 Å². The van der Waals surface area contributed by atoms with Gasteiger partial charge >= 0.3 is 0 Å². The van der Waals surface area contributed by atoms with Gasteiger partial charge in [0.15, 0.2) is 5.71 Å². The van der Waals surface area contributed by atoms with Gasteiger partial charge in [-0.15, -0.1) is 0 Å². The first kappa shape index (κ1) is 22.3. The standard InChI is InChI=1S/C30H37N2/c1-8-30(9-2)25-20-22(4)15-18-28(25)32(7)29(30)19-16-21(3)14-17-26-23(5)24-12-10-11-13-27(24)31(26)6/h10-20,23H,8-9H2,1-7H3/q+1. The monoisotopic (exact) mass is 425 g/mol. The Bertz CT molecular complexity index is 1120. The van der Waals surface area contributed by atoms with Crippen LogP contribution in [0.1, 0.15) is 63.1 Å². The minimum atomic E-state index is 0.0905. The van der Waals surface area contributed by atoms with E-state index in [9.17, 15) is 0 Å². The molecule has 1 atom stereocenters. The van der Waals surface area contributed by atoms with Gasteiger partial charge in [0.05, 0.1) is 5.41 Å². The predicted molar refractivity (Wildman–Crippen MR) is 139 cm³/mol. The molecule has 0 N–H and O–H groups in total. The third kappa shape index (κ3) is 3.46. The van der Waals surface area contributed by atoms with Crippen LogP contribution in [0.25, 0.3) is 0 Å². The molecule has 0 amide bonds. The lowest BCUT2D eigenvalue weighted by molar-refractivity contribution is -0.401. The maximum Gasteiger partial charge on any atom is 0.209 e. The highest BCUT2D eigenvalue weighted by Crippen LogP contribution is 2.45. The lowest BCUT2D eigenvalue weighted by Gasteiger charge is -2.24. The van der Waals surface area contributed by atoms with Gasteiger partial charge in [0.1, 0.15) is 7.05 Å². The Morgan fingerprint density at radius 3 is 2.53 bits per heavy atom. The molecule has 1 unspecified atom stereocenters. The van der Waals surface area contributed by atoms with E-state index in [0.29, 0.717) is 5.92 Å². The van der Waals surface area contributed by atoms with E-state index in [2.05, 4.69) is 125 Å². The third-order valence-electron chi connectivity index (χ3n) is 7.70. The summed E-state index contributed by atoms with van der Waals surface area (Å²) in [6.07, 6.45) is 11.4. The third-order valence-corrected chi connectivity index (χ3v) is 7.70. The smallest absolute Gasteiger partial charge is 0.209 e. The van der Waals surface area contributed by atoms with E-state index in [1.165, 1.54) is 45.0 Å². The van der Waals surface area contributed by atoms with Crippen LogP contribution in [0.2, 0.25) is 0 Å². The number of benzene rings is 2. The fourth-order valence-electron chi connectivity index (χ4n) is 5.67. The van der Waals surface area contributed by atoms with Crippen LogP contribution in [-0.2, 0) is 5.41 Å². The SMILES string of the molecule is CCC1(CC)C(/C=C/C(C)=C/C=C2\C(C)c3ccccc3N2C)=[N+](C)c2ccc(C)cc21. The number of allylic oxidation sites excluding steroid dienone is 6. The van der Waals surface area contributed by atoms with Crippen molar-refractivity contribution in [1.29, 1.82) is 0 Å². The van der Waals surface area contributed by atoms with Gasteiger partial charge in [-0.3, -0.25) is 0 Å². The fraction of sp³-hybridized carbons (Fsp3) is 0.367. The largest absolute Gasteiger partial charge is 0.347 e. The second-order valence-electron chi connectivity index (χ2n) is 9.43. The molecule has 4 rings (SSSR count). The van der Waals surface area contributed by atoms with E-state index in [1.807, 2.05) is 0 Å². The summed E-state index contributed by atoms with van der Waals surface area (Å²) in [6, 6.07) is 15.6. The van der Waals surface area contributed by atoms with Crippen LogP contribution in [0.5, 0.6) is 0 Å². The molecule has 32 heavy (non-hydrogen) atoms. The molecule has 0 aliphatic carbocycles. The Labute approximate surface area is 194 Å². The van der Waals surface area contributed by atoms with Crippen molar-refractivity contribution in [3.05, 3.63) is 94.7 Å². The number of nitrogens with zero attached hydrogens (tertiary/aromatic N) is 2. The molecule has 2 aliphatic heterocycles. The van der Waals surface area contributed by atoms with Gasteiger partial charge in [-0.25, -0.2) is 0 Å². The Kier molecular flexibility index (Phi) is 5.99. The zero-order chi connectivity index (χ0) is 23.0. The van der Waals surface area contributed by atoms with E-state index in [0.717, 1.165) is 12.8 Å². The van der Waals surface area contributed by atoms with E-state index in [1.54, 1.807) is 0 Å². The first-order valence-corrected chi connectivity index (χ1v) is 12.0. The molecule has 0 saturated heterocycles. The number of anilines is 1. The summed E-state index contributed by atoms with van der Waals surface area (Å²) in [4.78, 5) is 2.32. The highest BCUT2D eigenvalue weighted by Gasteiger charge is 2.47. The highest BCUT2D eigenvalue weighted by atomic mass is 15.1. The van der Waals surface area contributed by atoms with Crippen molar-refractivity contribution in [3.63, 3.8) is 0 Å². The summed E-state index contributed by atoms with van der Waals surface area (Å²) in [7, 11) is 4.39. The van der Waals surface area contributed by atoms with Gasteiger partial charge in [0, 0.05) is 42.1 Å². The van der Waals surface area contributed by atoms with Crippen LogP contribution in [0.15, 0.2) is 78.0 Å². The summed E-state index contributed by atoms with van der Waals surface area (Å²) in [6.45, 7) is 11.3. The molecule has 166 valence electrons. The minimum absolute atomic E-state index is 0.0905. The second kappa shape index (κ2) is 8.58. The Hall–Kier alpha value is -2.87. The number of fused-ring (bicyclic) bond motifs is 2. The number of rotatable bonds is 5. The lowest BCUT2D eigenvalue weighted by atomic mass is 9.72. The van der Waals surface area contributed by atoms with Gasteiger partial charge in [-0.05, 0) is 50.5 Å². The quantitative estimate of drug-likeness (QED) is 0.357. The van der Waals surface area contributed by atoms with Crippen LogP contribution >= 0.6 is 0 Å². The molecule has 0 spiro atoms. The van der Waals surface area contributed by atoms with Crippen molar-refractivity contribution in [2.75, 3.05) is 19.0 Å². The number of hydrogen-bond donors (Lipinski definition) is 0. The average Bonchev–Trinajstić information content (AvgIpc) is 3.18. The zero-order valence-corrected chi connectivity index (χ0v) is 20.7. The molecule has 2 heteroatoms. The molecular weight excluding hydrogens is 388 g/mol. The van der Waals surface area contributed by atoms with Crippen molar-refractivity contribution in [2.24, 2.45) is 0 Å². The van der Waals surface area contributed by atoms with Gasteiger partial charge in [0.25, 0.3) is 0 Å². The molecule has 2 aromatic carbocycles. The Balaban J connectivity index is 1.64. The van der Waals surface area contributed by atoms with E-state index < -0.39 is 0 Å². The molecule has 2 nitrogen and oxygen atoms in total. The second-order valence-corrected chi connectivity index (χ2v) is 9.43. The first-order valence-electron chi connectivity index (χ1n) is 12.0. The zero-order valence-electron chi connectivity index (χ0n) is 20.7. The predicted octanol–water partition coefficient (Wildman–Crippen LogP) is 7.42. The molecule has 0 radical (unpaired) electrons. The summed E-state index contributed by atoms with van der Waals surface area (Å²) in [5.74, 6) is 0.421. The van der Waals surface area contributed by atoms with Gasteiger partial charge < -0.3 is 4.90 Å². The van der Waals surface area contributed by atoms with Crippen molar-refractivity contribution >= 4 is 17.1 Å². The number of aryl methyl sites for hydroxylation is 1. The normalized spacial score (nSPS) is 21.1. The summed E-state index contributed by atoms with van der Waals surface area (Å²) in [5.41, 5.74) is 11.0. The maximum atomic E-state index is 2.40. The molecule has 2 heterocycles. The van der Waals surface area contributed by atoms with Crippen LogP contribution in [0.4, 0.5) is 11.4 Å². The number of likely N-dealkylation sites (N-methyl/N-ethyl adjacent to an activating group) is 1. The number of para-hydroxylation sites is 1. The van der Waals surface area contributed by atoms with E-state index >= 15 is 0 Å².